The maximum absolute atomic E-state index is 12.7. The van der Waals surface area contributed by atoms with Gasteiger partial charge in [0.15, 0.2) is 0 Å². The second kappa shape index (κ2) is 6.02. The van der Waals surface area contributed by atoms with Crippen LogP contribution in [-0.2, 0) is 4.79 Å². The van der Waals surface area contributed by atoms with E-state index in [2.05, 4.69) is 29.0 Å². The second-order valence-electron chi connectivity index (χ2n) is 7.03. The second-order valence-corrected chi connectivity index (χ2v) is 7.03. The minimum Gasteiger partial charge on any atom is -0.336 e. The van der Waals surface area contributed by atoms with Crippen molar-refractivity contribution in [1.82, 2.24) is 15.1 Å². The Labute approximate surface area is 122 Å². The molecule has 1 amide bonds. The molecule has 3 heterocycles. The van der Waals surface area contributed by atoms with Crippen LogP contribution in [0.25, 0.3) is 0 Å². The quantitative estimate of drug-likeness (QED) is 0.831. The largest absolute Gasteiger partial charge is 0.336 e. The summed E-state index contributed by atoms with van der Waals surface area (Å²) in [6.07, 6.45) is 6.19. The molecule has 4 atom stereocenters. The highest BCUT2D eigenvalue weighted by Crippen LogP contribution is 2.27. The SMILES string of the molecule is CC1CCCC(C)N1C(=O)CN1CCCC2CNCC21. The molecular weight excluding hydrogens is 250 g/mol. The van der Waals surface area contributed by atoms with Crippen LogP contribution in [0.3, 0.4) is 0 Å². The molecule has 3 rings (SSSR count). The van der Waals surface area contributed by atoms with Gasteiger partial charge in [0, 0.05) is 24.7 Å². The smallest absolute Gasteiger partial charge is 0.237 e. The Morgan fingerprint density at radius 3 is 2.60 bits per heavy atom. The van der Waals surface area contributed by atoms with Gasteiger partial charge in [-0.15, -0.1) is 0 Å². The minimum absolute atomic E-state index is 0.359. The van der Waals surface area contributed by atoms with Crippen LogP contribution >= 0.6 is 0 Å². The summed E-state index contributed by atoms with van der Waals surface area (Å²) in [5.41, 5.74) is 0. The highest BCUT2D eigenvalue weighted by Gasteiger charge is 2.37. The fourth-order valence-corrected chi connectivity index (χ4v) is 4.53. The molecule has 20 heavy (non-hydrogen) atoms. The van der Waals surface area contributed by atoms with Gasteiger partial charge in [-0.05, 0) is 65.0 Å². The number of fused-ring (bicyclic) bond motifs is 1. The summed E-state index contributed by atoms with van der Waals surface area (Å²) in [6.45, 7) is 8.38. The van der Waals surface area contributed by atoms with E-state index < -0.39 is 0 Å². The van der Waals surface area contributed by atoms with Crippen molar-refractivity contribution >= 4 is 5.91 Å². The zero-order valence-corrected chi connectivity index (χ0v) is 13.0. The van der Waals surface area contributed by atoms with Gasteiger partial charge < -0.3 is 10.2 Å². The van der Waals surface area contributed by atoms with Gasteiger partial charge in [-0.1, -0.05) is 0 Å². The van der Waals surface area contributed by atoms with Crippen LogP contribution in [0.2, 0.25) is 0 Å². The first kappa shape index (κ1) is 14.3. The van der Waals surface area contributed by atoms with Crippen LogP contribution in [0.15, 0.2) is 0 Å². The van der Waals surface area contributed by atoms with Crippen LogP contribution in [0.1, 0.15) is 46.0 Å². The van der Waals surface area contributed by atoms with Gasteiger partial charge in [-0.2, -0.15) is 0 Å². The lowest BCUT2D eigenvalue weighted by Gasteiger charge is -2.42. The topological polar surface area (TPSA) is 35.6 Å². The summed E-state index contributed by atoms with van der Waals surface area (Å²) < 4.78 is 0. The van der Waals surface area contributed by atoms with E-state index in [-0.39, 0.29) is 0 Å². The molecule has 4 heteroatoms. The van der Waals surface area contributed by atoms with Gasteiger partial charge >= 0.3 is 0 Å². The highest BCUT2D eigenvalue weighted by atomic mass is 16.2. The Bertz CT molecular complexity index is 350. The van der Waals surface area contributed by atoms with Crippen LogP contribution in [0.5, 0.6) is 0 Å². The number of likely N-dealkylation sites (tertiary alicyclic amines) is 2. The van der Waals surface area contributed by atoms with E-state index in [1.54, 1.807) is 0 Å². The minimum atomic E-state index is 0.359. The molecule has 0 aromatic carbocycles. The van der Waals surface area contributed by atoms with E-state index in [1.165, 1.54) is 32.1 Å². The van der Waals surface area contributed by atoms with Crippen molar-refractivity contribution in [2.75, 3.05) is 26.2 Å². The third-order valence-electron chi connectivity index (χ3n) is 5.61. The summed E-state index contributed by atoms with van der Waals surface area (Å²) in [5.74, 6) is 1.13. The fourth-order valence-electron chi connectivity index (χ4n) is 4.53. The predicted molar refractivity (Wildman–Crippen MR) is 80.6 cm³/mol. The van der Waals surface area contributed by atoms with Gasteiger partial charge in [0.25, 0.3) is 0 Å². The van der Waals surface area contributed by atoms with Crippen molar-refractivity contribution in [2.24, 2.45) is 5.92 Å². The Balaban J connectivity index is 1.62. The summed E-state index contributed by atoms with van der Waals surface area (Å²) in [4.78, 5) is 17.4. The molecule has 4 nitrogen and oxygen atoms in total. The number of piperidine rings is 2. The fraction of sp³-hybridized carbons (Fsp3) is 0.938. The monoisotopic (exact) mass is 279 g/mol. The third-order valence-corrected chi connectivity index (χ3v) is 5.61. The molecule has 0 saturated carbocycles. The van der Waals surface area contributed by atoms with Crippen LogP contribution < -0.4 is 5.32 Å². The molecule has 0 radical (unpaired) electrons. The van der Waals surface area contributed by atoms with Gasteiger partial charge in [0.1, 0.15) is 0 Å². The van der Waals surface area contributed by atoms with Crippen molar-refractivity contribution in [3.8, 4) is 0 Å². The lowest BCUT2D eigenvalue weighted by atomic mass is 9.92. The first-order valence-electron chi connectivity index (χ1n) is 8.42. The zero-order valence-electron chi connectivity index (χ0n) is 13.0. The highest BCUT2D eigenvalue weighted by molar-refractivity contribution is 5.79. The summed E-state index contributed by atoms with van der Waals surface area (Å²) in [7, 11) is 0. The Hall–Kier alpha value is -0.610. The van der Waals surface area contributed by atoms with E-state index in [1.807, 2.05) is 0 Å². The van der Waals surface area contributed by atoms with E-state index in [9.17, 15) is 4.79 Å². The molecule has 0 aromatic rings. The van der Waals surface area contributed by atoms with Gasteiger partial charge in [0.2, 0.25) is 5.91 Å². The molecule has 0 bridgehead atoms. The van der Waals surface area contributed by atoms with Gasteiger partial charge in [-0.3, -0.25) is 9.69 Å². The zero-order chi connectivity index (χ0) is 14.1. The Morgan fingerprint density at radius 2 is 1.85 bits per heavy atom. The van der Waals surface area contributed by atoms with Crippen molar-refractivity contribution < 1.29 is 4.79 Å². The number of rotatable bonds is 2. The lowest BCUT2D eigenvalue weighted by Crippen LogP contribution is -2.54. The molecule has 3 fully saturated rings. The molecular formula is C16H29N3O. The average molecular weight is 279 g/mol. The van der Waals surface area contributed by atoms with Crippen LogP contribution in [0, 0.1) is 5.92 Å². The average Bonchev–Trinajstić information content (AvgIpc) is 2.88. The molecule has 0 spiro atoms. The number of amides is 1. The normalized spacial score (nSPS) is 38.8. The molecule has 3 aliphatic heterocycles. The molecule has 0 aliphatic carbocycles. The molecule has 114 valence electrons. The number of hydrogen-bond acceptors (Lipinski definition) is 3. The van der Waals surface area contributed by atoms with Crippen LogP contribution in [0.4, 0.5) is 0 Å². The third kappa shape index (κ3) is 2.73. The van der Waals surface area contributed by atoms with E-state index in [4.69, 9.17) is 0 Å². The van der Waals surface area contributed by atoms with Gasteiger partial charge in [-0.25, -0.2) is 0 Å². The van der Waals surface area contributed by atoms with Crippen molar-refractivity contribution in [3.05, 3.63) is 0 Å². The molecule has 1 N–H and O–H groups in total. The van der Waals surface area contributed by atoms with E-state index in [0.717, 1.165) is 25.6 Å². The molecule has 4 unspecified atom stereocenters. The standard InChI is InChI=1S/C16H29N3O/c1-12-5-3-6-13(2)19(12)16(20)11-18-8-4-7-14-9-17-10-15(14)18/h12-15,17H,3-11H2,1-2H3. The number of nitrogens with zero attached hydrogens (tertiary/aromatic N) is 2. The number of nitrogens with one attached hydrogen (secondary N) is 1. The number of carbonyl (C=O) groups is 1. The Kier molecular flexibility index (Phi) is 4.32. The van der Waals surface area contributed by atoms with Gasteiger partial charge in [0.05, 0.1) is 6.54 Å². The molecule has 0 aromatic heterocycles. The predicted octanol–water partition coefficient (Wildman–Crippen LogP) is 1.46. The van der Waals surface area contributed by atoms with Crippen LogP contribution in [-0.4, -0.2) is 60.0 Å². The first-order chi connectivity index (χ1) is 9.66. The first-order valence-corrected chi connectivity index (χ1v) is 8.42. The van der Waals surface area contributed by atoms with E-state index >= 15 is 0 Å². The number of carbonyl (C=O) groups excluding carboxylic acids is 1. The number of hydrogen-bond donors (Lipinski definition) is 1. The summed E-state index contributed by atoms with van der Waals surface area (Å²) in [5, 5.41) is 3.50. The van der Waals surface area contributed by atoms with Crippen molar-refractivity contribution in [1.29, 1.82) is 0 Å². The summed E-state index contributed by atoms with van der Waals surface area (Å²) >= 11 is 0. The maximum atomic E-state index is 12.7. The van der Waals surface area contributed by atoms with Crippen molar-refractivity contribution in [2.45, 2.75) is 64.1 Å². The van der Waals surface area contributed by atoms with Crippen molar-refractivity contribution in [3.63, 3.8) is 0 Å². The summed E-state index contributed by atoms with van der Waals surface area (Å²) in [6, 6.07) is 1.45. The van der Waals surface area contributed by atoms with E-state index in [0.29, 0.717) is 30.6 Å². The maximum Gasteiger partial charge on any atom is 0.237 e. The molecule has 3 saturated heterocycles. The molecule has 3 aliphatic rings. The lowest BCUT2D eigenvalue weighted by molar-refractivity contribution is -0.139. The Morgan fingerprint density at radius 1 is 1.10 bits per heavy atom.